The molecule has 1 aromatic carbocycles. The molecular weight excluding hydrogens is 244 g/mol. The largest absolute Gasteiger partial charge is 0.476 e. The molecule has 0 bridgehead atoms. The second-order valence-corrected chi connectivity index (χ2v) is 4.41. The molecule has 19 heavy (non-hydrogen) atoms. The average Bonchev–Trinajstić information content (AvgIpc) is 2.89. The minimum absolute atomic E-state index is 0.0538. The molecule has 96 valence electrons. The third-order valence-electron chi connectivity index (χ3n) is 3.01. The van der Waals surface area contributed by atoms with Gasteiger partial charge in [0, 0.05) is 12.6 Å². The van der Waals surface area contributed by atoms with Gasteiger partial charge in [0.15, 0.2) is 5.69 Å². The van der Waals surface area contributed by atoms with Crippen molar-refractivity contribution in [2.24, 2.45) is 7.05 Å². The molecule has 0 spiro atoms. The predicted octanol–water partition coefficient (Wildman–Crippen LogP) is 1.97. The van der Waals surface area contributed by atoms with Crippen LogP contribution in [0.3, 0.4) is 0 Å². The van der Waals surface area contributed by atoms with Gasteiger partial charge < -0.3 is 14.7 Å². The first-order valence-electron chi connectivity index (χ1n) is 5.77. The van der Waals surface area contributed by atoms with Crippen molar-refractivity contribution in [2.45, 2.75) is 6.92 Å². The van der Waals surface area contributed by atoms with E-state index in [4.69, 9.17) is 5.11 Å². The van der Waals surface area contributed by atoms with Crippen LogP contribution in [0, 0.1) is 6.92 Å². The number of H-pyrrole nitrogens is 1. The molecule has 0 atom stereocenters. The highest BCUT2D eigenvalue weighted by molar-refractivity contribution is 5.94. The third-order valence-corrected chi connectivity index (χ3v) is 3.01. The highest BCUT2D eigenvalue weighted by atomic mass is 16.4. The number of hydrogen-bond donors (Lipinski definition) is 2. The summed E-state index contributed by atoms with van der Waals surface area (Å²) in [5.74, 6) is -0.202. The second-order valence-electron chi connectivity index (χ2n) is 4.41. The molecule has 0 amide bonds. The normalized spacial score (nSPS) is 11.1. The first-order chi connectivity index (χ1) is 9.06. The molecule has 0 aliphatic carbocycles. The summed E-state index contributed by atoms with van der Waals surface area (Å²) in [6, 6.07) is 5.61. The summed E-state index contributed by atoms with van der Waals surface area (Å²) in [4.78, 5) is 22.6. The molecule has 6 heteroatoms. The lowest BCUT2D eigenvalue weighted by atomic mass is 10.1. The van der Waals surface area contributed by atoms with Gasteiger partial charge in [-0.1, -0.05) is 6.07 Å². The van der Waals surface area contributed by atoms with Crippen LogP contribution < -0.4 is 0 Å². The van der Waals surface area contributed by atoms with Gasteiger partial charge >= 0.3 is 5.97 Å². The molecule has 0 saturated carbocycles. The molecule has 0 radical (unpaired) electrons. The van der Waals surface area contributed by atoms with Gasteiger partial charge in [-0.15, -0.1) is 0 Å². The van der Waals surface area contributed by atoms with E-state index in [0.29, 0.717) is 5.69 Å². The van der Waals surface area contributed by atoms with Gasteiger partial charge in [0.1, 0.15) is 5.82 Å². The number of aromatic nitrogens is 4. The fourth-order valence-electron chi connectivity index (χ4n) is 2.21. The molecule has 0 unspecified atom stereocenters. The van der Waals surface area contributed by atoms with E-state index in [9.17, 15) is 4.79 Å². The molecule has 0 aliphatic rings. The minimum atomic E-state index is -1.03. The average molecular weight is 256 g/mol. The molecule has 2 N–H and O–H groups in total. The number of carboxylic acid groups (broad SMARTS) is 1. The molecule has 2 heterocycles. The van der Waals surface area contributed by atoms with Gasteiger partial charge in [0.25, 0.3) is 0 Å². The maximum Gasteiger partial charge on any atom is 0.356 e. The van der Waals surface area contributed by atoms with E-state index >= 15 is 0 Å². The van der Waals surface area contributed by atoms with Gasteiger partial charge in [-0.2, -0.15) is 0 Å². The summed E-state index contributed by atoms with van der Waals surface area (Å²) in [6.07, 6.45) is 1.50. The Hall–Kier alpha value is -2.63. The number of aromatic amines is 1. The number of benzene rings is 1. The first-order valence-corrected chi connectivity index (χ1v) is 5.77. The zero-order valence-electron chi connectivity index (χ0n) is 10.5. The summed E-state index contributed by atoms with van der Waals surface area (Å²) in [7, 11) is 1.77. The van der Waals surface area contributed by atoms with Crippen LogP contribution in [0.25, 0.3) is 22.3 Å². The Kier molecular flexibility index (Phi) is 2.38. The summed E-state index contributed by atoms with van der Waals surface area (Å²) >= 11 is 0. The Morgan fingerprint density at radius 1 is 1.42 bits per heavy atom. The molecule has 0 saturated heterocycles. The van der Waals surface area contributed by atoms with Crippen molar-refractivity contribution in [1.82, 2.24) is 19.5 Å². The summed E-state index contributed by atoms with van der Waals surface area (Å²) in [5, 5.41) is 9.16. The van der Waals surface area contributed by atoms with Gasteiger partial charge in [0.2, 0.25) is 0 Å². The topological polar surface area (TPSA) is 83.8 Å². The Balaban J connectivity index is 2.23. The van der Waals surface area contributed by atoms with Crippen molar-refractivity contribution in [3.8, 4) is 11.3 Å². The van der Waals surface area contributed by atoms with Crippen molar-refractivity contribution >= 4 is 17.0 Å². The number of aromatic carboxylic acids is 1. The molecular formula is C13H12N4O2. The minimum Gasteiger partial charge on any atom is -0.476 e. The molecule has 2 aromatic heterocycles. The van der Waals surface area contributed by atoms with Crippen molar-refractivity contribution < 1.29 is 9.90 Å². The van der Waals surface area contributed by atoms with Gasteiger partial charge in [0.05, 0.1) is 23.1 Å². The van der Waals surface area contributed by atoms with Crippen LogP contribution in [-0.4, -0.2) is 30.6 Å². The molecule has 6 nitrogen and oxygen atoms in total. The van der Waals surface area contributed by atoms with Gasteiger partial charge in [-0.05, 0) is 19.1 Å². The van der Waals surface area contributed by atoms with Crippen LogP contribution in [0.1, 0.15) is 16.3 Å². The zero-order chi connectivity index (χ0) is 13.6. The Morgan fingerprint density at radius 3 is 2.95 bits per heavy atom. The highest BCUT2D eigenvalue weighted by Gasteiger charge is 2.17. The number of hydrogen-bond acceptors (Lipinski definition) is 3. The summed E-state index contributed by atoms with van der Waals surface area (Å²) < 4.78 is 1.70. The predicted molar refractivity (Wildman–Crippen MR) is 70.0 cm³/mol. The molecule has 3 aromatic rings. The number of rotatable bonds is 2. The van der Waals surface area contributed by atoms with Gasteiger partial charge in [-0.3, -0.25) is 0 Å². The lowest BCUT2D eigenvalue weighted by Gasteiger charge is -2.04. The van der Waals surface area contributed by atoms with E-state index < -0.39 is 5.97 Å². The number of carbonyl (C=O) groups is 1. The number of imidazole rings is 2. The van der Waals surface area contributed by atoms with Crippen LogP contribution in [0.15, 0.2) is 24.5 Å². The Labute approximate surface area is 108 Å². The Morgan fingerprint density at radius 2 is 2.21 bits per heavy atom. The SMILES string of the molecule is Cc1nc2ccc(-c3c(C(=O)O)ncn3C)cc2[nH]1. The first kappa shape index (κ1) is 11.5. The van der Waals surface area contributed by atoms with E-state index in [1.165, 1.54) is 6.33 Å². The number of fused-ring (bicyclic) bond motifs is 1. The Bertz CT molecular complexity index is 785. The lowest BCUT2D eigenvalue weighted by molar-refractivity contribution is 0.0692. The van der Waals surface area contributed by atoms with Crippen LogP contribution in [0.4, 0.5) is 0 Å². The third kappa shape index (κ3) is 1.77. The van der Waals surface area contributed by atoms with Gasteiger partial charge in [-0.25, -0.2) is 14.8 Å². The van der Waals surface area contributed by atoms with E-state index in [0.717, 1.165) is 22.4 Å². The molecule has 0 aliphatic heterocycles. The fourth-order valence-corrected chi connectivity index (χ4v) is 2.21. The molecule has 0 fully saturated rings. The fraction of sp³-hybridized carbons (Fsp3) is 0.154. The van der Waals surface area contributed by atoms with E-state index in [-0.39, 0.29) is 5.69 Å². The summed E-state index contributed by atoms with van der Waals surface area (Å²) in [6.45, 7) is 1.88. The monoisotopic (exact) mass is 256 g/mol. The molecule has 3 rings (SSSR count). The van der Waals surface area contributed by atoms with Crippen molar-refractivity contribution in [2.75, 3.05) is 0 Å². The van der Waals surface area contributed by atoms with Crippen LogP contribution in [0.2, 0.25) is 0 Å². The number of aryl methyl sites for hydroxylation is 2. The van der Waals surface area contributed by atoms with E-state index in [1.54, 1.807) is 11.6 Å². The maximum atomic E-state index is 11.2. The lowest BCUT2D eigenvalue weighted by Crippen LogP contribution is -2.01. The van der Waals surface area contributed by atoms with Crippen LogP contribution in [0.5, 0.6) is 0 Å². The number of nitrogens with zero attached hydrogens (tertiary/aromatic N) is 3. The van der Waals surface area contributed by atoms with Crippen molar-refractivity contribution in [3.05, 3.63) is 36.0 Å². The van der Waals surface area contributed by atoms with Crippen molar-refractivity contribution in [1.29, 1.82) is 0 Å². The second kappa shape index (κ2) is 3.94. The zero-order valence-corrected chi connectivity index (χ0v) is 10.5. The van der Waals surface area contributed by atoms with E-state index in [1.807, 2.05) is 25.1 Å². The quantitative estimate of drug-likeness (QED) is 0.734. The summed E-state index contributed by atoms with van der Waals surface area (Å²) in [5.41, 5.74) is 3.18. The van der Waals surface area contributed by atoms with Crippen LogP contribution >= 0.6 is 0 Å². The van der Waals surface area contributed by atoms with E-state index in [2.05, 4.69) is 15.0 Å². The standard InChI is InChI=1S/C13H12N4O2/c1-7-15-9-4-3-8(5-10(9)16-7)12-11(13(18)19)14-6-17(12)2/h3-6H,1-2H3,(H,15,16)(H,18,19). The number of nitrogens with one attached hydrogen (secondary N) is 1. The highest BCUT2D eigenvalue weighted by Crippen LogP contribution is 2.25. The van der Waals surface area contributed by atoms with Crippen LogP contribution in [-0.2, 0) is 7.05 Å². The van der Waals surface area contributed by atoms with Crippen molar-refractivity contribution in [3.63, 3.8) is 0 Å². The number of carboxylic acids is 1. The smallest absolute Gasteiger partial charge is 0.356 e. The maximum absolute atomic E-state index is 11.2.